The zero-order valence-corrected chi connectivity index (χ0v) is 14.0. The number of alkyl halides is 2. The Morgan fingerprint density at radius 2 is 1.81 bits per heavy atom. The molecule has 4 rings (SSSR count). The van der Waals surface area contributed by atoms with Gasteiger partial charge in [-0.1, -0.05) is 12.1 Å². The van der Waals surface area contributed by atoms with Gasteiger partial charge in [-0.15, -0.1) is 10.2 Å². The van der Waals surface area contributed by atoms with Crippen molar-refractivity contribution in [2.45, 2.75) is 31.1 Å². The van der Waals surface area contributed by atoms with Gasteiger partial charge in [0.25, 0.3) is 11.8 Å². The van der Waals surface area contributed by atoms with Gasteiger partial charge in [0.15, 0.2) is 0 Å². The molecule has 1 saturated carbocycles. The molecular formula is C18H16F2N4O2. The second-order valence-electron chi connectivity index (χ2n) is 6.32. The van der Waals surface area contributed by atoms with Gasteiger partial charge in [-0.3, -0.25) is 0 Å². The van der Waals surface area contributed by atoms with Crippen molar-refractivity contribution in [3.8, 4) is 17.2 Å². The first kappa shape index (κ1) is 16.6. The molecule has 0 saturated heterocycles. The third-order valence-corrected chi connectivity index (χ3v) is 4.63. The molecule has 0 amide bonds. The van der Waals surface area contributed by atoms with Crippen molar-refractivity contribution >= 4 is 0 Å². The topological polar surface area (TPSA) is 73.9 Å². The summed E-state index contributed by atoms with van der Waals surface area (Å²) in [5.74, 6) is 0.798. The Balaban J connectivity index is 1.50. The van der Waals surface area contributed by atoms with Crippen molar-refractivity contribution in [3.05, 3.63) is 53.9 Å². The van der Waals surface area contributed by atoms with Crippen molar-refractivity contribution in [2.75, 3.05) is 7.11 Å². The van der Waals surface area contributed by atoms with Crippen LogP contribution in [0, 0.1) is 0 Å². The molecule has 1 aliphatic carbocycles. The Morgan fingerprint density at radius 3 is 2.35 bits per heavy atom. The van der Waals surface area contributed by atoms with E-state index in [1.54, 1.807) is 7.11 Å². The minimum Gasteiger partial charge on any atom is -0.497 e. The van der Waals surface area contributed by atoms with Crippen LogP contribution in [0.15, 0.2) is 41.1 Å². The summed E-state index contributed by atoms with van der Waals surface area (Å²) in [5.41, 5.74) is 1.72. The quantitative estimate of drug-likeness (QED) is 0.668. The molecule has 1 fully saturated rings. The van der Waals surface area contributed by atoms with Crippen LogP contribution >= 0.6 is 0 Å². The molecule has 1 aliphatic rings. The molecule has 2 heterocycles. The lowest BCUT2D eigenvalue weighted by atomic mass is 9.92. The highest BCUT2D eigenvalue weighted by atomic mass is 19.3. The predicted octanol–water partition coefficient (Wildman–Crippen LogP) is 3.75. The van der Waals surface area contributed by atoms with E-state index in [2.05, 4.69) is 32.3 Å². The first-order valence-corrected chi connectivity index (χ1v) is 8.17. The lowest BCUT2D eigenvalue weighted by molar-refractivity contribution is 0.116. The molecule has 6 nitrogen and oxygen atoms in total. The van der Waals surface area contributed by atoms with E-state index in [0.717, 1.165) is 18.6 Å². The summed E-state index contributed by atoms with van der Waals surface area (Å²) >= 11 is 0. The fourth-order valence-corrected chi connectivity index (χ4v) is 2.96. The number of nitrogens with zero attached hydrogens (tertiary/aromatic N) is 4. The molecule has 0 N–H and O–H groups in total. The largest absolute Gasteiger partial charge is 0.497 e. The Hall–Kier alpha value is -2.90. The van der Waals surface area contributed by atoms with E-state index in [1.165, 1.54) is 18.0 Å². The molecular weight excluding hydrogens is 342 g/mol. The summed E-state index contributed by atoms with van der Waals surface area (Å²) in [5, 5.41) is 6.90. The smallest absolute Gasteiger partial charge is 0.314 e. The van der Waals surface area contributed by atoms with Gasteiger partial charge in [-0.25, -0.2) is 9.97 Å². The Labute approximate surface area is 148 Å². The van der Waals surface area contributed by atoms with Crippen LogP contribution < -0.4 is 4.74 Å². The van der Waals surface area contributed by atoms with Gasteiger partial charge in [0.05, 0.1) is 12.7 Å². The molecule has 0 unspecified atom stereocenters. The number of hydrogen-bond donors (Lipinski definition) is 0. The zero-order valence-electron chi connectivity index (χ0n) is 14.0. The maximum Gasteiger partial charge on any atom is 0.314 e. The van der Waals surface area contributed by atoms with Crippen LogP contribution in [0.1, 0.15) is 36.5 Å². The molecule has 0 bridgehead atoms. The molecule has 0 atom stereocenters. The van der Waals surface area contributed by atoms with Crippen LogP contribution in [0.2, 0.25) is 0 Å². The number of ether oxygens (including phenoxy) is 1. The maximum absolute atomic E-state index is 12.5. The van der Waals surface area contributed by atoms with E-state index in [1.807, 2.05) is 12.1 Å². The molecule has 3 aromatic rings. The number of methoxy groups -OCH3 is 1. The van der Waals surface area contributed by atoms with E-state index >= 15 is 0 Å². The van der Waals surface area contributed by atoms with Crippen LogP contribution in [-0.4, -0.2) is 27.3 Å². The number of hydrogen-bond acceptors (Lipinski definition) is 6. The summed E-state index contributed by atoms with van der Waals surface area (Å²) in [6, 6.07) is 8.06. The second-order valence-corrected chi connectivity index (χ2v) is 6.32. The molecule has 0 radical (unpaired) electrons. The lowest BCUT2D eigenvalue weighted by Crippen LogP contribution is -2.12. The Kier molecular flexibility index (Phi) is 4.10. The van der Waals surface area contributed by atoms with Crippen LogP contribution in [0.5, 0.6) is 5.75 Å². The predicted molar refractivity (Wildman–Crippen MR) is 87.9 cm³/mol. The van der Waals surface area contributed by atoms with Crippen LogP contribution in [0.4, 0.5) is 8.78 Å². The second kappa shape index (κ2) is 6.44. The summed E-state index contributed by atoms with van der Waals surface area (Å²) in [4.78, 5) is 8.69. The monoisotopic (exact) mass is 358 g/mol. The normalized spacial score (nSPS) is 15.2. The third-order valence-electron chi connectivity index (χ3n) is 4.63. The number of benzene rings is 1. The zero-order chi connectivity index (χ0) is 18.1. The van der Waals surface area contributed by atoms with Gasteiger partial charge < -0.3 is 9.15 Å². The average molecular weight is 358 g/mol. The van der Waals surface area contributed by atoms with Crippen LogP contribution in [0.3, 0.4) is 0 Å². The summed E-state index contributed by atoms with van der Waals surface area (Å²) in [6.45, 7) is 0. The highest BCUT2D eigenvalue weighted by molar-refractivity contribution is 5.49. The van der Waals surface area contributed by atoms with Crippen molar-refractivity contribution in [1.82, 2.24) is 20.2 Å². The van der Waals surface area contributed by atoms with Crippen molar-refractivity contribution < 1.29 is 17.9 Å². The first-order valence-electron chi connectivity index (χ1n) is 8.17. The fourth-order valence-electron chi connectivity index (χ4n) is 2.96. The van der Waals surface area contributed by atoms with Gasteiger partial charge in [0, 0.05) is 24.2 Å². The van der Waals surface area contributed by atoms with Crippen LogP contribution in [0.25, 0.3) is 11.5 Å². The van der Waals surface area contributed by atoms with Gasteiger partial charge in [0.1, 0.15) is 11.6 Å². The van der Waals surface area contributed by atoms with Gasteiger partial charge in [0.2, 0.25) is 0 Å². The van der Waals surface area contributed by atoms with E-state index < -0.39 is 12.3 Å². The first-order chi connectivity index (χ1) is 12.6. The molecule has 0 spiro atoms. The molecule has 0 aliphatic heterocycles. The van der Waals surface area contributed by atoms with Crippen LogP contribution in [-0.2, 0) is 11.8 Å². The highest BCUT2D eigenvalue weighted by Crippen LogP contribution is 2.50. The fraction of sp³-hybridized carbons (Fsp3) is 0.333. The van der Waals surface area contributed by atoms with E-state index in [0.29, 0.717) is 17.8 Å². The summed E-state index contributed by atoms with van der Waals surface area (Å²) in [6.07, 6.45) is 3.11. The number of halogens is 2. The molecule has 26 heavy (non-hydrogen) atoms. The molecule has 134 valence electrons. The lowest BCUT2D eigenvalue weighted by Gasteiger charge is -2.15. The van der Waals surface area contributed by atoms with E-state index in [4.69, 9.17) is 9.15 Å². The maximum atomic E-state index is 12.5. The minimum atomic E-state index is -2.80. The number of rotatable bonds is 6. The summed E-state index contributed by atoms with van der Waals surface area (Å²) < 4.78 is 35.2. The van der Waals surface area contributed by atoms with Crippen molar-refractivity contribution in [2.24, 2.45) is 0 Å². The Bertz CT molecular complexity index is 890. The summed E-state index contributed by atoms with van der Waals surface area (Å²) in [7, 11) is 1.64. The highest BCUT2D eigenvalue weighted by Gasteiger charge is 2.44. The van der Waals surface area contributed by atoms with E-state index in [-0.39, 0.29) is 11.3 Å². The average Bonchev–Trinajstić information content (AvgIpc) is 3.27. The van der Waals surface area contributed by atoms with E-state index in [9.17, 15) is 8.78 Å². The Morgan fingerprint density at radius 1 is 1.12 bits per heavy atom. The van der Waals surface area contributed by atoms with Crippen molar-refractivity contribution in [3.63, 3.8) is 0 Å². The number of aromatic nitrogens is 4. The van der Waals surface area contributed by atoms with Gasteiger partial charge in [-0.05, 0) is 30.5 Å². The molecule has 2 aromatic heterocycles. The van der Waals surface area contributed by atoms with Gasteiger partial charge >= 0.3 is 6.43 Å². The SMILES string of the molecule is COc1ccc(C2(Cc3ncc(-c4nnc(C(F)F)o4)cn3)CC2)cc1. The van der Waals surface area contributed by atoms with Crippen molar-refractivity contribution in [1.29, 1.82) is 0 Å². The minimum absolute atomic E-state index is 0.0110. The van der Waals surface area contributed by atoms with Gasteiger partial charge in [-0.2, -0.15) is 8.78 Å². The standard InChI is InChI=1S/C18H16F2N4O2/c1-25-13-4-2-12(3-5-13)18(6-7-18)8-14-21-9-11(10-22-14)16-23-24-17(26-16)15(19)20/h2-5,9-10,15H,6-8H2,1H3. The molecule has 1 aromatic carbocycles. The molecule has 8 heteroatoms. The third kappa shape index (κ3) is 3.14.